The molecule has 0 saturated carbocycles. The molecule has 0 bridgehead atoms. The highest BCUT2D eigenvalue weighted by molar-refractivity contribution is 5.94. The molecule has 0 radical (unpaired) electrons. The summed E-state index contributed by atoms with van der Waals surface area (Å²) < 4.78 is 5.75. The quantitative estimate of drug-likeness (QED) is 0.851. The van der Waals surface area contributed by atoms with Gasteiger partial charge >= 0.3 is 0 Å². The second kappa shape index (κ2) is 5.87. The van der Waals surface area contributed by atoms with Gasteiger partial charge < -0.3 is 15.8 Å². The Bertz CT molecular complexity index is 426. The average Bonchev–Trinajstić information content (AvgIpc) is 2.37. The predicted octanol–water partition coefficient (Wildman–Crippen LogP) is 1.61. The summed E-state index contributed by atoms with van der Waals surface area (Å²) >= 11 is 0. The van der Waals surface area contributed by atoms with E-state index in [0.717, 1.165) is 17.9 Å². The van der Waals surface area contributed by atoms with Gasteiger partial charge in [-0.15, -0.1) is 0 Å². The standard InChI is InChI=1S/C14H20N2O2/c1-10-8-12(5-6-13(10)14(15)17)18-9-11-4-2-3-7-16-11/h5-6,8,11,16H,2-4,7,9H2,1H3,(H2,15,17). The number of nitrogens with two attached hydrogens (primary N) is 1. The number of primary amides is 1. The molecular weight excluding hydrogens is 228 g/mol. The van der Waals surface area contributed by atoms with Crippen LogP contribution in [0.5, 0.6) is 5.75 Å². The van der Waals surface area contributed by atoms with Gasteiger partial charge in [-0.3, -0.25) is 4.79 Å². The number of nitrogens with one attached hydrogen (secondary N) is 1. The molecule has 1 fully saturated rings. The van der Waals surface area contributed by atoms with Crippen LogP contribution in [0.1, 0.15) is 35.2 Å². The summed E-state index contributed by atoms with van der Waals surface area (Å²) in [7, 11) is 0. The fourth-order valence-corrected chi connectivity index (χ4v) is 2.27. The summed E-state index contributed by atoms with van der Waals surface area (Å²) in [6.07, 6.45) is 3.68. The Kier molecular flexibility index (Phi) is 4.20. The number of carbonyl (C=O) groups excluding carboxylic acids is 1. The summed E-state index contributed by atoms with van der Waals surface area (Å²) in [6.45, 7) is 3.62. The molecule has 1 amide bonds. The number of aryl methyl sites for hydroxylation is 1. The zero-order valence-corrected chi connectivity index (χ0v) is 10.7. The molecule has 1 saturated heterocycles. The number of rotatable bonds is 4. The van der Waals surface area contributed by atoms with Crippen LogP contribution in [0.4, 0.5) is 0 Å². The van der Waals surface area contributed by atoms with Gasteiger partial charge in [0.05, 0.1) is 0 Å². The molecule has 0 aliphatic carbocycles. The molecule has 1 aromatic carbocycles. The topological polar surface area (TPSA) is 64.3 Å². The van der Waals surface area contributed by atoms with Crippen molar-refractivity contribution in [2.45, 2.75) is 32.2 Å². The highest BCUT2D eigenvalue weighted by Crippen LogP contribution is 2.18. The van der Waals surface area contributed by atoms with E-state index in [9.17, 15) is 4.79 Å². The SMILES string of the molecule is Cc1cc(OCC2CCCCN2)ccc1C(N)=O. The predicted molar refractivity (Wildman–Crippen MR) is 70.8 cm³/mol. The minimum absolute atomic E-state index is 0.395. The minimum Gasteiger partial charge on any atom is -0.492 e. The molecular formula is C14H20N2O2. The smallest absolute Gasteiger partial charge is 0.248 e. The molecule has 0 spiro atoms. The number of benzene rings is 1. The van der Waals surface area contributed by atoms with E-state index in [2.05, 4.69) is 5.32 Å². The van der Waals surface area contributed by atoms with E-state index in [4.69, 9.17) is 10.5 Å². The van der Waals surface area contributed by atoms with Gasteiger partial charge in [-0.25, -0.2) is 0 Å². The van der Waals surface area contributed by atoms with Gasteiger partial charge in [-0.05, 0) is 50.1 Å². The average molecular weight is 248 g/mol. The van der Waals surface area contributed by atoms with Crippen molar-refractivity contribution in [3.8, 4) is 5.75 Å². The molecule has 1 atom stereocenters. The van der Waals surface area contributed by atoms with E-state index in [0.29, 0.717) is 18.2 Å². The first kappa shape index (κ1) is 12.9. The van der Waals surface area contributed by atoms with Gasteiger partial charge in [0, 0.05) is 11.6 Å². The molecule has 4 nitrogen and oxygen atoms in total. The fourth-order valence-electron chi connectivity index (χ4n) is 2.27. The minimum atomic E-state index is -0.395. The van der Waals surface area contributed by atoms with Crippen LogP contribution in [0.15, 0.2) is 18.2 Å². The molecule has 3 N–H and O–H groups in total. The molecule has 1 unspecified atom stereocenters. The largest absolute Gasteiger partial charge is 0.492 e. The first-order valence-electron chi connectivity index (χ1n) is 6.43. The van der Waals surface area contributed by atoms with Crippen molar-refractivity contribution in [3.63, 3.8) is 0 Å². The normalized spacial score (nSPS) is 19.5. The van der Waals surface area contributed by atoms with Crippen LogP contribution < -0.4 is 15.8 Å². The van der Waals surface area contributed by atoms with Crippen LogP contribution in [0.25, 0.3) is 0 Å². The van der Waals surface area contributed by atoms with Crippen molar-refractivity contribution in [3.05, 3.63) is 29.3 Å². The molecule has 98 valence electrons. The third-order valence-electron chi connectivity index (χ3n) is 3.33. The van der Waals surface area contributed by atoms with Crippen LogP contribution in [0, 0.1) is 6.92 Å². The Morgan fingerprint density at radius 3 is 2.94 bits per heavy atom. The molecule has 1 aromatic rings. The number of ether oxygens (including phenoxy) is 1. The Morgan fingerprint density at radius 2 is 2.33 bits per heavy atom. The monoisotopic (exact) mass is 248 g/mol. The molecule has 1 aliphatic heterocycles. The van der Waals surface area contributed by atoms with Crippen molar-refractivity contribution >= 4 is 5.91 Å². The van der Waals surface area contributed by atoms with Crippen molar-refractivity contribution in [1.29, 1.82) is 0 Å². The van der Waals surface area contributed by atoms with E-state index in [1.165, 1.54) is 19.3 Å². The lowest BCUT2D eigenvalue weighted by atomic mass is 10.1. The lowest BCUT2D eigenvalue weighted by Gasteiger charge is -2.23. The number of amides is 1. The Labute approximate surface area is 108 Å². The van der Waals surface area contributed by atoms with Gasteiger partial charge in [0.25, 0.3) is 0 Å². The highest BCUT2D eigenvalue weighted by Gasteiger charge is 2.13. The molecule has 0 aromatic heterocycles. The van der Waals surface area contributed by atoms with Crippen LogP contribution in [-0.2, 0) is 0 Å². The number of hydrogen-bond acceptors (Lipinski definition) is 3. The van der Waals surface area contributed by atoms with Gasteiger partial charge in [0.1, 0.15) is 12.4 Å². The summed E-state index contributed by atoms with van der Waals surface area (Å²) in [4.78, 5) is 11.1. The van der Waals surface area contributed by atoms with Crippen LogP contribution in [0.2, 0.25) is 0 Å². The van der Waals surface area contributed by atoms with Crippen LogP contribution in [0.3, 0.4) is 0 Å². The van der Waals surface area contributed by atoms with Gasteiger partial charge in [-0.2, -0.15) is 0 Å². The zero-order chi connectivity index (χ0) is 13.0. The lowest BCUT2D eigenvalue weighted by Crippen LogP contribution is -2.38. The van der Waals surface area contributed by atoms with Crippen molar-refractivity contribution in [1.82, 2.24) is 5.32 Å². The Hall–Kier alpha value is -1.55. The van der Waals surface area contributed by atoms with Crippen LogP contribution in [-0.4, -0.2) is 25.1 Å². The summed E-state index contributed by atoms with van der Waals surface area (Å²) in [5.74, 6) is 0.401. The van der Waals surface area contributed by atoms with Gasteiger partial charge in [-0.1, -0.05) is 6.42 Å². The molecule has 1 heterocycles. The summed E-state index contributed by atoms with van der Waals surface area (Å²) in [5.41, 5.74) is 6.68. The molecule has 4 heteroatoms. The van der Waals surface area contributed by atoms with Gasteiger partial charge in [0.15, 0.2) is 0 Å². The van der Waals surface area contributed by atoms with E-state index in [-0.39, 0.29) is 0 Å². The molecule has 1 aliphatic rings. The first-order valence-corrected chi connectivity index (χ1v) is 6.43. The van der Waals surface area contributed by atoms with Crippen molar-refractivity contribution < 1.29 is 9.53 Å². The second-order valence-corrected chi connectivity index (χ2v) is 4.80. The number of carbonyl (C=O) groups is 1. The van der Waals surface area contributed by atoms with E-state index >= 15 is 0 Å². The number of piperidine rings is 1. The first-order chi connectivity index (χ1) is 8.66. The maximum Gasteiger partial charge on any atom is 0.248 e. The second-order valence-electron chi connectivity index (χ2n) is 4.80. The fraction of sp³-hybridized carbons (Fsp3) is 0.500. The van der Waals surface area contributed by atoms with Crippen LogP contribution >= 0.6 is 0 Å². The number of hydrogen-bond donors (Lipinski definition) is 2. The lowest BCUT2D eigenvalue weighted by molar-refractivity contribution is 0.0999. The summed E-state index contributed by atoms with van der Waals surface area (Å²) in [5, 5.41) is 3.43. The van der Waals surface area contributed by atoms with E-state index < -0.39 is 5.91 Å². The third kappa shape index (κ3) is 3.23. The Morgan fingerprint density at radius 1 is 1.50 bits per heavy atom. The maximum atomic E-state index is 11.1. The molecule has 18 heavy (non-hydrogen) atoms. The molecule has 2 rings (SSSR count). The van der Waals surface area contributed by atoms with Gasteiger partial charge in [0.2, 0.25) is 5.91 Å². The van der Waals surface area contributed by atoms with E-state index in [1.807, 2.05) is 13.0 Å². The van der Waals surface area contributed by atoms with Crippen molar-refractivity contribution in [2.75, 3.05) is 13.2 Å². The third-order valence-corrected chi connectivity index (χ3v) is 3.33. The maximum absolute atomic E-state index is 11.1. The van der Waals surface area contributed by atoms with Crippen molar-refractivity contribution in [2.24, 2.45) is 5.73 Å². The van der Waals surface area contributed by atoms with E-state index in [1.54, 1.807) is 12.1 Å². The highest BCUT2D eigenvalue weighted by atomic mass is 16.5. The zero-order valence-electron chi connectivity index (χ0n) is 10.7. The Balaban J connectivity index is 1.93. The summed E-state index contributed by atoms with van der Waals surface area (Å²) in [6, 6.07) is 5.83.